The number of rotatable bonds is 4. The van der Waals surface area contributed by atoms with E-state index in [4.69, 9.17) is 0 Å². The van der Waals surface area contributed by atoms with E-state index in [1.807, 2.05) is 26.8 Å². The maximum absolute atomic E-state index is 13.3. The summed E-state index contributed by atoms with van der Waals surface area (Å²) in [5.74, 6) is -0.422. The predicted octanol–water partition coefficient (Wildman–Crippen LogP) is 3.45. The zero-order valence-electron chi connectivity index (χ0n) is 16.6. The molecule has 146 valence electrons. The van der Waals surface area contributed by atoms with Crippen molar-refractivity contribution in [2.45, 2.75) is 40.2 Å². The first-order valence-corrected chi connectivity index (χ1v) is 9.33. The minimum atomic E-state index is -0.624. The third-order valence-electron chi connectivity index (χ3n) is 6.54. The van der Waals surface area contributed by atoms with Crippen molar-refractivity contribution < 1.29 is 14.0 Å². The van der Waals surface area contributed by atoms with Crippen LogP contribution in [-0.4, -0.2) is 35.8 Å². The lowest BCUT2D eigenvalue weighted by atomic mass is 9.65. The van der Waals surface area contributed by atoms with Gasteiger partial charge in [0.25, 0.3) is 0 Å². The van der Waals surface area contributed by atoms with Crippen LogP contribution in [0.3, 0.4) is 0 Å². The van der Waals surface area contributed by atoms with Crippen LogP contribution in [0.5, 0.6) is 0 Å². The van der Waals surface area contributed by atoms with Gasteiger partial charge in [-0.25, -0.2) is 4.39 Å². The number of amides is 2. The molecular weight excluding hydrogens is 345 g/mol. The van der Waals surface area contributed by atoms with E-state index in [2.05, 4.69) is 10.3 Å². The Balaban J connectivity index is 1.73. The highest BCUT2D eigenvalue weighted by Gasteiger charge is 2.58. The van der Waals surface area contributed by atoms with E-state index in [9.17, 15) is 14.0 Å². The van der Waals surface area contributed by atoms with Gasteiger partial charge in [-0.05, 0) is 42.5 Å². The van der Waals surface area contributed by atoms with E-state index < -0.39 is 10.8 Å². The van der Waals surface area contributed by atoms with Crippen LogP contribution in [0.2, 0.25) is 0 Å². The van der Waals surface area contributed by atoms with Crippen molar-refractivity contribution in [2.75, 3.05) is 14.1 Å². The van der Waals surface area contributed by atoms with Gasteiger partial charge in [0.2, 0.25) is 11.8 Å². The maximum atomic E-state index is 13.3. The van der Waals surface area contributed by atoms with Crippen molar-refractivity contribution in [3.63, 3.8) is 0 Å². The smallest absolute Gasteiger partial charge is 0.226 e. The van der Waals surface area contributed by atoms with Crippen molar-refractivity contribution in [3.8, 4) is 0 Å². The summed E-state index contributed by atoms with van der Waals surface area (Å²) in [6.45, 7) is 6.31. The number of fused-ring (bicyclic) bond motifs is 1. The van der Waals surface area contributed by atoms with Gasteiger partial charge in [-0.3, -0.25) is 9.59 Å². The first-order valence-electron chi connectivity index (χ1n) is 9.33. The second kappa shape index (κ2) is 6.66. The molecule has 0 spiro atoms. The molecule has 2 aromatic rings. The number of halogens is 1. The zero-order valence-corrected chi connectivity index (χ0v) is 16.6. The summed E-state index contributed by atoms with van der Waals surface area (Å²) in [5, 5.41) is 3.79. The average molecular weight is 373 g/mol. The van der Waals surface area contributed by atoms with Crippen LogP contribution in [0, 0.1) is 22.6 Å². The fourth-order valence-corrected chi connectivity index (χ4v) is 4.28. The van der Waals surface area contributed by atoms with Crippen LogP contribution < -0.4 is 5.32 Å². The van der Waals surface area contributed by atoms with Crippen molar-refractivity contribution in [3.05, 3.63) is 35.8 Å². The molecule has 1 saturated carbocycles. The Kier molecular flexibility index (Phi) is 4.78. The average Bonchev–Trinajstić information content (AvgIpc) is 3.10. The third-order valence-corrected chi connectivity index (χ3v) is 6.54. The molecule has 1 aromatic heterocycles. The Morgan fingerprint density at radius 3 is 2.63 bits per heavy atom. The van der Waals surface area contributed by atoms with E-state index in [0.717, 1.165) is 16.6 Å². The lowest BCUT2D eigenvalue weighted by Crippen LogP contribution is -2.49. The zero-order chi connectivity index (χ0) is 20.0. The van der Waals surface area contributed by atoms with E-state index in [-0.39, 0.29) is 23.5 Å². The Morgan fingerprint density at radius 2 is 1.96 bits per heavy atom. The standard InChI is InChI=1S/C21H28FN3O2/c1-20(2)16(18(26)25(4)5)8-9-21(20,3)19(27)23-12-15-11-13-10-14(22)6-7-17(13)24-15/h6-7,10-11,16,24H,8-9,12H2,1-5H3,(H,23,27). The number of aromatic amines is 1. The number of carbonyl (C=O) groups is 2. The van der Waals surface area contributed by atoms with Gasteiger partial charge in [0.05, 0.1) is 12.0 Å². The molecule has 2 unspecified atom stereocenters. The summed E-state index contributed by atoms with van der Waals surface area (Å²) >= 11 is 0. The Morgan fingerprint density at radius 1 is 1.26 bits per heavy atom. The summed E-state index contributed by atoms with van der Waals surface area (Å²) in [6.07, 6.45) is 1.38. The molecule has 1 aliphatic carbocycles. The van der Waals surface area contributed by atoms with E-state index in [1.165, 1.54) is 12.1 Å². The molecule has 0 aliphatic heterocycles. The normalized spacial score (nSPS) is 24.1. The second-order valence-electron chi connectivity index (χ2n) is 8.59. The fraction of sp³-hybridized carbons (Fsp3) is 0.524. The molecule has 2 N–H and O–H groups in total. The van der Waals surface area contributed by atoms with Crippen LogP contribution in [-0.2, 0) is 16.1 Å². The minimum absolute atomic E-state index is 0.0496. The number of H-pyrrole nitrogens is 1. The molecule has 2 atom stereocenters. The van der Waals surface area contributed by atoms with Gasteiger partial charge in [0.1, 0.15) is 5.82 Å². The SMILES string of the molecule is CN(C)C(=O)C1CCC(C)(C(=O)NCc2cc3cc(F)ccc3[nH]2)C1(C)C. The molecule has 2 amide bonds. The first kappa shape index (κ1) is 19.4. The molecule has 0 bridgehead atoms. The number of benzene rings is 1. The topological polar surface area (TPSA) is 65.2 Å². The minimum Gasteiger partial charge on any atom is -0.357 e. The number of carbonyl (C=O) groups excluding carboxylic acids is 2. The van der Waals surface area contributed by atoms with Crippen LogP contribution in [0.1, 0.15) is 39.3 Å². The number of nitrogens with one attached hydrogen (secondary N) is 2. The summed E-state index contributed by atoms with van der Waals surface area (Å²) in [7, 11) is 3.51. The third kappa shape index (κ3) is 3.22. The van der Waals surface area contributed by atoms with Gasteiger partial charge in [-0.2, -0.15) is 0 Å². The van der Waals surface area contributed by atoms with Gasteiger partial charge in [0.15, 0.2) is 0 Å². The Bertz CT molecular complexity index is 887. The van der Waals surface area contributed by atoms with Crippen molar-refractivity contribution in [1.29, 1.82) is 0 Å². The number of hydrogen-bond donors (Lipinski definition) is 2. The van der Waals surface area contributed by atoms with Crippen LogP contribution in [0.25, 0.3) is 10.9 Å². The lowest BCUT2D eigenvalue weighted by Gasteiger charge is -2.40. The highest BCUT2D eigenvalue weighted by atomic mass is 19.1. The summed E-state index contributed by atoms with van der Waals surface area (Å²) in [5.41, 5.74) is 0.595. The molecule has 1 heterocycles. The molecule has 1 fully saturated rings. The van der Waals surface area contributed by atoms with Crippen molar-refractivity contribution >= 4 is 22.7 Å². The summed E-state index contributed by atoms with van der Waals surface area (Å²) in [4.78, 5) is 30.4. The Labute approximate surface area is 159 Å². The van der Waals surface area contributed by atoms with Crippen LogP contribution in [0.4, 0.5) is 4.39 Å². The molecule has 5 nitrogen and oxygen atoms in total. The van der Waals surface area contributed by atoms with Crippen LogP contribution >= 0.6 is 0 Å². The van der Waals surface area contributed by atoms with Crippen molar-refractivity contribution in [2.24, 2.45) is 16.7 Å². The van der Waals surface area contributed by atoms with Gasteiger partial charge in [-0.15, -0.1) is 0 Å². The maximum Gasteiger partial charge on any atom is 0.226 e. The van der Waals surface area contributed by atoms with Gasteiger partial charge in [0, 0.05) is 36.6 Å². The molecule has 0 saturated heterocycles. The number of aromatic nitrogens is 1. The highest BCUT2D eigenvalue weighted by molar-refractivity contribution is 5.87. The fourth-order valence-electron chi connectivity index (χ4n) is 4.28. The summed E-state index contributed by atoms with van der Waals surface area (Å²) in [6, 6.07) is 6.41. The Hall–Kier alpha value is -2.37. The highest BCUT2D eigenvalue weighted by Crippen LogP contribution is 2.56. The predicted molar refractivity (Wildman–Crippen MR) is 103 cm³/mol. The van der Waals surface area contributed by atoms with Crippen LogP contribution in [0.15, 0.2) is 24.3 Å². The van der Waals surface area contributed by atoms with E-state index in [0.29, 0.717) is 19.4 Å². The van der Waals surface area contributed by atoms with Gasteiger partial charge >= 0.3 is 0 Å². The quantitative estimate of drug-likeness (QED) is 0.862. The molecule has 3 rings (SSSR count). The van der Waals surface area contributed by atoms with Gasteiger partial charge in [-0.1, -0.05) is 20.8 Å². The summed E-state index contributed by atoms with van der Waals surface area (Å²) < 4.78 is 13.3. The molecule has 6 heteroatoms. The molecule has 27 heavy (non-hydrogen) atoms. The molecular formula is C21H28FN3O2. The number of nitrogens with zero attached hydrogens (tertiary/aromatic N) is 1. The number of hydrogen-bond acceptors (Lipinski definition) is 2. The lowest BCUT2D eigenvalue weighted by molar-refractivity contribution is -0.142. The molecule has 0 radical (unpaired) electrons. The molecule has 1 aromatic carbocycles. The van der Waals surface area contributed by atoms with Gasteiger partial charge < -0.3 is 15.2 Å². The van der Waals surface area contributed by atoms with E-state index in [1.54, 1.807) is 25.1 Å². The first-order chi connectivity index (χ1) is 12.6. The largest absolute Gasteiger partial charge is 0.357 e. The van der Waals surface area contributed by atoms with Crippen molar-refractivity contribution in [1.82, 2.24) is 15.2 Å². The second-order valence-corrected chi connectivity index (χ2v) is 8.59. The van der Waals surface area contributed by atoms with E-state index >= 15 is 0 Å². The molecule has 1 aliphatic rings. The monoisotopic (exact) mass is 373 g/mol.